The summed E-state index contributed by atoms with van der Waals surface area (Å²) in [4.78, 5) is 0.202. The molecular formula is C13H20N4O2S2. The highest BCUT2D eigenvalue weighted by molar-refractivity contribution is 7.89. The van der Waals surface area contributed by atoms with Crippen molar-refractivity contribution in [2.45, 2.75) is 25.2 Å². The second-order valence-corrected chi connectivity index (χ2v) is 7.14. The molecule has 0 unspecified atom stereocenters. The fraction of sp³-hybridized carbons (Fsp3) is 0.385. The SMILES string of the molecule is CCC(C)=NNC(=S)Nc1cccc(S(=O)(=O)N(C)C)c1. The number of hydrazone groups is 1. The lowest BCUT2D eigenvalue weighted by atomic mass is 10.3. The van der Waals surface area contributed by atoms with Gasteiger partial charge in [0.2, 0.25) is 10.0 Å². The van der Waals surface area contributed by atoms with Crippen LogP contribution in [-0.2, 0) is 10.0 Å². The summed E-state index contributed by atoms with van der Waals surface area (Å²) >= 11 is 5.10. The fourth-order valence-corrected chi connectivity index (χ4v) is 2.44. The molecule has 0 saturated heterocycles. The summed E-state index contributed by atoms with van der Waals surface area (Å²) in [5.74, 6) is 0. The molecule has 2 N–H and O–H groups in total. The Balaban J connectivity index is 2.85. The normalized spacial score (nSPS) is 12.3. The van der Waals surface area contributed by atoms with Gasteiger partial charge in [-0.25, -0.2) is 12.7 Å². The minimum Gasteiger partial charge on any atom is -0.331 e. The number of rotatable bonds is 5. The Morgan fingerprint density at radius 3 is 2.62 bits per heavy atom. The maximum Gasteiger partial charge on any atom is 0.242 e. The quantitative estimate of drug-likeness (QED) is 0.491. The third kappa shape index (κ3) is 5.07. The van der Waals surface area contributed by atoms with Gasteiger partial charge in [-0.05, 0) is 43.8 Å². The summed E-state index contributed by atoms with van der Waals surface area (Å²) in [6.07, 6.45) is 0.826. The highest BCUT2D eigenvalue weighted by atomic mass is 32.2. The first-order valence-electron chi connectivity index (χ1n) is 6.40. The first-order valence-corrected chi connectivity index (χ1v) is 8.25. The average Bonchev–Trinajstić information content (AvgIpc) is 2.44. The van der Waals surface area contributed by atoms with Gasteiger partial charge in [0.1, 0.15) is 0 Å². The van der Waals surface area contributed by atoms with Crippen LogP contribution in [-0.4, -0.2) is 37.6 Å². The number of anilines is 1. The Kier molecular flexibility index (Phi) is 6.25. The summed E-state index contributed by atoms with van der Waals surface area (Å²) in [6, 6.07) is 6.46. The molecule has 0 saturated carbocycles. The third-order valence-electron chi connectivity index (χ3n) is 2.73. The van der Waals surface area contributed by atoms with Crippen molar-refractivity contribution >= 4 is 38.8 Å². The van der Waals surface area contributed by atoms with Gasteiger partial charge < -0.3 is 5.32 Å². The monoisotopic (exact) mass is 328 g/mol. The molecule has 116 valence electrons. The zero-order chi connectivity index (χ0) is 16.0. The number of nitrogens with zero attached hydrogens (tertiary/aromatic N) is 2. The summed E-state index contributed by atoms with van der Waals surface area (Å²) < 4.78 is 25.3. The molecule has 0 bridgehead atoms. The molecule has 0 spiro atoms. The van der Waals surface area contributed by atoms with Gasteiger partial charge in [0, 0.05) is 25.5 Å². The second-order valence-electron chi connectivity index (χ2n) is 4.58. The van der Waals surface area contributed by atoms with Crippen molar-refractivity contribution in [2.24, 2.45) is 5.10 Å². The first kappa shape index (κ1) is 17.5. The highest BCUT2D eigenvalue weighted by Gasteiger charge is 2.17. The molecule has 0 atom stereocenters. The fourth-order valence-electron chi connectivity index (χ4n) is 1.33. The Hall–Kier alpha value is -1.51. The van der Waals surface area contributed by atoms with Crippen molar-refractivity contribution in [2.75, 3.05) is 19.4 Å². The van der Waals surface area contributed by atoms with E-state index in [0.29, 0.717) is 10.8 Å². The molecule has 0 radical (unpaired) electrons. The van der Waals surface area contributed by atoms with E-state index in [9.17, 15) is 8.42 Å². The largest absolute Gasteiger partial charge is 0.331 e. The Bertz CT molecular complexity index is 639. The number of sulfonamides is 1. The van der Waals surface area contributed by atoms with Crippen LogP contribution >= 0.6 is 12.2 Å². The van der Waals surface area contributed by atoms with Gasteiger partial charge >= 0.3 is 0 Å². The van der Waals surface area contributed by atoms with Crippen LogP contribution in [0.2, 0.25) is 0 Å². The average molecular weight is 328 g/mol. The minimum atomic E-state index is -3.46. The molecule has 0 amide bonds. The molecule has 21 heavy (non-hydrogen) atoms. The van der Waals surface area contributed by atoms with E-state index < -0.39 is 10.0 Å². The molecule has 1 rings (SSSR count). The molecule has 0 heterocycles. The molecule has 0 aliphatic heterocycles. The number of hydrogen-bond acceptors (Lipinski definition) is 4. The van der Waals surface area contributed by atoms with Crippen molar-refractivity contribution in [3.8, 4) is 0 Å². The van der Waals surface area contributed by atoms with E-state index in [-0.39, 0.29) is 4.90 Å². The maximum absolute atomic E-state index is 12.1. The van der Waals surface area contributed by atoms with Gasteiger partial charge in [-0.2, -0.15) is 5.10 Å². The van der Waals surface area contributed by atoms with Crippen LogP contribution in [0.25, 0.3) is 0 Å². The lowest BCUT2D eigenvalue weighted by Crippen LogP contribution is -2.25. The first-order chi connectivity index (χ1) is 9.77. The summed E-state index contributed by atoms with van der Waals surface area (Å²) in [5, 5.41) is 7.29. The zero-order valence-electron chi connectivity index (χ0n) is 12.5. The molecule has 0 aliphatic rings. The van der Waals surface area contributed by atoms with Gasteiger partial charge in [0.05, 0.1) is 4.90 Å². The molecule has 0 fully saturated rings. The Morgan fingerprint density at radius 2 is 2.05 bits per heavy atom. The molecule has 0 aliphatic carbocycles. The standard InChI is InChI=1S/C13H20N4O2S2/c1-5-10(2)15-16-13(20)14-11-7-6-8-12(9-11)21(18,19)17(3)4/h6-9H,5H2,1-4H3,(H2,14,16,20). The van der Waals surface area contributed by atoms with E-state index in [0.717, 1.165) is 16.4 Å². The van der Waals surface area contributed by atoms with Crippen LogP contribution in [0.4, 0.5) is 5.69 Å². The third-order valence-corrected chi connectivity index (χ3v) is 4.73. The van der Waals surface area contributed by atoms with Crippen LogP contribution in [0, 0.1) is 0 Å². The predicted molar refractivity (Wildman–Crippen MR) is 90.1 cm³/mol. The number of thiocarbonyl (C=S) groups is 1. The number of nitrogens with one attached hydrogen (secondary N) is 2. The smallest absolute Gasteiger partial charge is 0.242 e. The van der Waals surface area contributed by atoms with Crippen molar-refractivity contribution < 1.29 is 8.42 Å². The van der Waals surface area contributed by atoms with Crippen LogP contribution in [0.1, 0.15) is 20.3 Å². The van der Waals surface area contributed by atoms with E-state index in [1.807, 2.05) is 13.8 Å². The Labute approximate surface area is 131 Å². The zero-order valence-corrected chi connectivity index (χ0v) is 14.2. The number of hydrogen-bond donors (Lipinski definition) is 2. The van der Waals surface area contributed by atoms with Crippen LogP contribution in [0.5, 0.6) is 0 Å². The summed E-state index contributed by atoms with van der Waals surface area (Å²) in [7, 11) is -0.483. The molecular weight excluding hydrogens is 308 g/mol. The lowest BCUT2D eigenvalue weighted by Gasteiger charge is -2.13. The van der Waals surface area contributed by atoms with Crippen molar-refractivity contribution in [1.82, 2.24) is 9.73 Å². The Morgan fingerprint density at radius 1 is 1.38 bits per heavy atom. The number of benzene rings is 1. The minimum absolute atomic E-state index is 0.202. The lowest BCUT2D eigenvalue weighted by molar-refractivity contribution is 0.521. The summed E-state index contributed by atoms with van der Waals surface area (Å²) in [6.45, 7) is 3.88. The molecule has 6 nitrogen and oxygen atoms in total. The van der Waals surface area contributed by atoms with E-state index in [2.05, 4.69) is 15.8 Å². The topological polar surface area (TPSA) is 73.8 Å². The molecule has 1 aromatic carbocycles. The van der Waals surface area contributed by atoms with E-state index >= 15 is 0 Å². The van der Waals surface area contributed by atoms with Crippen molar-refractivity contribution in [1.29, 1.82) is 0 Å². The predicted octanol–water partition coefficient (Wildman–Crippen LogP) is 2.01. The van der Waals surface area contributed by atoms with Crippen molar-refractivity contribution in [3.05, 3.63) is 24.3 Å². The molecule has 8 heteroatoms. The van der Waals surface area contributed by atoms with Gasteiger partial charge in [0.15, 0.2) is 5.11 Å². The van der Waals surface area contributed by atoms with Crippen molar-refractivity contribution in [3.63, 3.8) is 0 Å². The van der Waals surface area contributed by atoms with E-state index in [1.54, 1.807) is 12.1 Å². The molecule has 1 aromatic rings. The van der Waals surface area contributed by atoms with Crippen LogP contribution in [0.15, 0.2) is 34.3 Å². The maximum atomic E-state index is 12.1. The van der Waals surface area contributed by atoms with Gasteiger partial charge in [-0.1, -0.05) is 13.0 Å². The molecule has 0 aromatic heterocycles. The van der Waals surface area contributed by atoms with Gasteiger partial charge in [-0.3, -0.25) is 5.43 Å². The van der Waals surface area contributed by atoms with E-state index in [1.165, 1.54) is 26.2 Å². The highest BCUT2D eigenvalue weighted by Crippen LogP contribution is 2.17. The van der Waals surface area contributed by atoms with Gasteiger partial charge in [0.25, 0.3) is 0 Å². The van der Waals surface area contributed by atoms with Gasteiger partial charge in [-0.15, -0.1) is 0 Å². The van der Waals surface area contributed by atoms with Crippen LogP contribution < -0.4 is 10.7 Å². The second kappa shape index (κ2) is 7.48. The van der Waals surface area contributed by atoms with E-state index in [4.69, 9.17) is 12.2 Å². The summed E-state index contributed by atoms with van der Waals surface area (Å²) in [5.41, 5.74) is 4.21. The van der Waals surface area contributed by atoms with Crippen LogP contribution in [0.3, 0.4) is 0 Å².